The zero-order chi connectivity index (χ0) is 13.1. The zero-order valence-electron chi connectivity index (χ0n) is 10.4. The van der Waals surface area contributed by atoms with E-state index in [1.165, 1.54) is 16.5 Å². The molecule has 1 N–H and O–H groups in total. The van der Waals surface area contributed by atoms with Crippen molar-refractivity contribution in [3.63, 3.8) is 0 Å². The van der Waals surface area contributed by atoms with Gasteiger partial charge in [-0.3, -0.25) is 0 Å². The Labute approximate surface area is 112 Å². The molecule has 3 heteroatoms. The Morgan fingerprint density at radius 2 is 1.68 bits per heavy atom. The number of hydrogen-bond donors (Lipinski definition) is 1. The maximum atomic E-state index is 8.80. The van der Waals surface area contributed by atoms with Gasteiger partial charge in [-0.1, -0.05) is 54.6 Å². The number of fused-ring (bicyclic) bond motifs is 1. The molecule has 0 amide bonds. The molecule has 0 saturated heterocycles. The van der Waals surface area contributed by atoms with Crippen LogP contribution in [0.5, 0.6) is 5.75 Å². The highest BCUT2D eigenvalue weighted by Crippen LogP contribution is 2.30. The Bertz CT molecular complexity index is 695. The number of rotatable bonds is 3. The summed E-state index contributed by atoms with van der Waals surface area (Å²) in [6.45, 7) is 0. The average molecular weight is 248 g/mol. The van der Waals surface area contributed by atoms with Gasteiger partial charge < -0.3 is 9.68 Å². The van der Waals surface area contributed by atoms with Crippen LogP contribution in [0.25, 0.3) is 21.9 Å². The maximum Gasteiger partial charge on any atom is 0.504 e. The maximum absolute atomic E-state index is 8.80. The minimum absolute atomic E-state index is 0.302. The van der Waals surface area contributed by atoms with Crippen LogP contribution in [0.1, 0.15) is 0 Å². The van der Waals surface area contributed by atoms with E-state index in [0.717, 1.165) is 5.39 Å². The second-order valence-electron chi connectivity index (χ2n) is 4.33. The molecule has 0 aliphatic heterocycles. The minimum atomic E-state index is -0.302. The SMILES string of the molecule is OBOc1ccc2c(-c3ccccc3)cccc2c1. The Hall–Kier alpha value is -2.26. The predicted molar refractivity (Wildman–Crippen MR) is 79.4 cm³/mol. The second-order valence-corrected chi connectivity index (χ2v) is 4.33. The van der Waals surface area contributed by atoms with E-state index in [4.69, 9.17) is 9.68 Å². The Morgan fingerprint density at radius 3 is 2.47 bits per heavy atom. The molecule has 3 aromatic rings. The molecule has 0 aliphatic rings. The zero-order valence-corrected chi connectivity index (χ0v) is 10.4. The molecule has 3 rings (SSSR count). The molecule has 0 bridgehead atoms. The van der Waals surface area contributed by atoms with Gasteiger partial charge in [0.2, 0.25) is 0 Å². The molecule has 3 aromatic carbocycles. The largest absolute Gasteiger partial charge is 0.539 e. The van der Waals surface area contributed by atoms with E-state index in [1.807, 2.05) is 48.5 Å². The molecule has 0 spiro atoms. The van der Waals surface area contributed by atoms with E-state index in [-0.39, 0.29) is 7.69 Å². The molecular formula is C16H13BO2. The van der Waals surface area contributed by atoms with E-state index >= 15 is 0 Å². The van der Waals surface area contributed by atoms with Gasteiger partial charge in [0.15, 0.2) is 0 Å². The van der Waals surface area contributed by atoms with Gasteiger partial charge >= 0.3 is 7.69 Å². The van der Waals surface area contributed by atoms with E-state index in [0.29, 0.717) is 5.75 Å². The fourth-order valence-corrected chi connectivity index (χ4v) is 2.30. The van der Waals surface area contributed by atoms with Gasteiger partial charge in [-0.05, 0) is 34.0 Å². The summed E-state index contributed by atoms with van der Waals surface area (Å²) in [5, 5.41) is 11.1. The summed E-state index contributed by atoms with van der Waals surface area (Å²) >= 11 is 0. The van der Waals surface area contributed by atoms with Crippen LogP contribution in [0.15, 0.2) is 66.7 Å². The Morgan fingerprint density at radius 1 is 0.842 bits per heavy atom. The first-order chi connectivity index (χ1) is 9.38. The van der Waals surface area contributed by atoms with Gasteiger partial charge in [0, 0.05) is 0 Å². The molecule has 0 radical (unpaired) electrons. The van der Waals surface area contributed by atoms with Crippen LogP contribution < -0.4 is 4.65 Å². The van der Waals surface area contributed by atoms with Gasteiger partial charge in [0.1, 0.15) is 5.75 Å². The van der Waals surface area contributed by atoms with Crippen LogP contribution in [0.4, 0.5) is 0 Å². The number of benzene rings is 3. The first-order valence-electron chi connectivity index (χ1n) is 6.20. The Kier molecular flexibility index (Phi) is 3.21. The third kappa shape index (κ3) is 2.33. The normalized spacial score (nSPS) is 10.4. The summed E-state index contributed by atoms with van der Waals surface area (Å²) in [7, 11) is -0.302. The molecule has 0 aromatic heterocycles. The molecule has 0 heterocycles. The standard InChI is InChI=1S/C16H13BO2/c18-17-19-14-9-10-16-13(11-14)7-4-8-15(16)12-5-2-1-3-6-12/h1-11,17-18H. The van der Waals surface area contributed by atoms with Crippen LogP contribution >= 0.6 is 0 Å². The summed E-state index contributed by atoms with van der Waals surface area (Å²) in [6, 6.07) is 22.4. The van der Waals surface area contributed by atoms with Crippen LogP contribution in [-0.4, -0.2) is 12.7 Å². The topological polar surface area (TPSA) is 29.5 Å². The highest BCUT2D eigenvalue weighted by molar-refractivity contribution is 6.17. The lowest BCUT2D eigenvalue weighted by Gasteiger charge is -2.09. The van der Waals surface area contributed by atoms with Gasteiger partial charge in [0.05, 0.1) is 0 Å². The summed E-state index contributed by atoms with van der Waals surface area (Å²) in [5.74, 6) is 0.681. The van der Waals surface area contributed by atoms with Gasteiger partial charge in [0.25, 0.3) is 0 Å². The quantitative estimate of drug-likeness (QED) is 0.721. The number of hydrogen-bond acceptors (Lipinski definition) is 2. The molecule has 19 heavy (non-hydrogen) atoms. The minimum Gasteiger partial charge on any atom is -0.539 e. The summed E-state index contributed by atoms with van der Waals surface area (Å²) in [6.07, 6.45) is 0. The molecule has 0 atom stereocenters. The van der Waals surface area contributed by atoms with Crippen molar-refractivity contribution >= 4 is 18.5 Å². The smallest absolute Gasteiger partial charge is 0.504 e. The van der Waals surface area contributed by atoms with Crippen molar-refractivity contribution < 1.29 is 9.68 Å². The van der Waals surface area contributed by atoms with E-state index in [9.17, 15) is 0 Å². The molecule has 2 nitrogen and oxygen atoms in total. The highest BCUT2D eigenvalue weighted by atomic mass is 16.5. The first-order valence-corrected chi connectivity index (χ1v) is 6.20. The van der Waals surface area contributed by atoms with Crippen LogP contribution in [-0.2, 0) is 0 Å². The Balaban J connectivity index is 2.16. The van der Waals surface area contributed by atoms with E-state index in [2.05, 4.69) is 18.2 Å². The van der Waals surface area contributed by atoms with Gasteiger partial charge in [-0.15, -0.1) is 0 Å². The second kappa shape index (κ2) is 5.16. The summed E-state index contributed by atoms with van der Waals surface area (Å²) in [5.41, 5.74) is 2.40. The van der Waals surface area contributed by atoms with Crippen LogP contribution in [0.3, 0.4) is 0 Å². The third-order valence-electron chi connectivity index (χ3n) is 3.17. The van der Waals surface area contributed by atoms with Gasteiger partial charge in [-0.2, -0.15) is 0 Å². The van der Waals surface area contributed by atoms with Gasteiger partial charge in [-0.25, -0.2) is 0 Å². The predicted octanol–water partition coefficient (Wildman–Crippen LogP) is 3.14. The fourth-order valence-electron chi connectivity index (χ4n) is 2.30. The van der Waals surface area contributed by atoms with Crippen molar-refractivity contribution in [2.45, 2.75) is 0 Å². The highest BCUT2D eigenvalue weighted by Gasteiger charge is 2.04. The molecule has 0 saturated carbocycles. The van der Waals surface area contributed by atoms with Crippen LogP contribution in [0, 0.1) is 0 Å². The van der Waals surface area contributed by atoms with E-state index < -0.39 is 0 Å². The van der Waals surface area contributed by atoms with Crippen molar-refractivity contribution in [1.29, 1.82) is 0 Å². The molecule has 0 aliphatic carbocycles. The molecule has 92 valence electrons. The molecule has 0 fully saturated rings. The monoisotopic (exact) mass is 248 g/mol. The van der Waals surface area contributed by atoms with Crippen LogP contribution in [0.2, 0.25) is 0 Å². The van der Waals surface area contributed by atoms with Crippen molar-refractivity contribution in [2.75, 3.05) is 0 Å². The fraction of sp³-hybridized carbons (Fsp3) is 0. The summed E-state index contributed by atoms with van der Waals surface area (Å²) in [4.78, 5) is 0. The van der Waals surface area contributed by atoms with Crippen molar-refractivity contribution in [1.82, 2.24) is 0 Å². The summed E-state index contributed by atoms with van der Waals surface area (Å²) < 4.78 is 5.12. The lowest BCUT2D eigenvalue weighted by Crippen LogP contribution is -1.99. The van der Waals surface area contributed by atoms with Crippen molar-refractivity contribution in [2.24, 2.45) is 0 Å². The average Bonchev–Trinajstić information content (AvgIpc) is 2.48. The third-order valence-corrected chi connectivity index (χ3v) is 3.17. The molecule has 0 unspecified atom stereocenters. The van der Waals surface area contributed by atoms with Crippen molar-refractivity contribution in [3.8, 4) is 16.9 Å². The first kappa shape index (κ1) is 11.8. The lowest BCUT2D eigenvalue weighted by atomic mass is 9.98. The van der Waals surface area contributed by atoms with E-state index in [1.54, 1.807) is 0 Å². The molecular weight excluding hydrogens is 235 g/mol. The van der Waals surface area contributed by atoms with Crippen molar-refractivity contribution in [3.05, 3.63) is 66.7 Å². The lowest BCUT2D eigenvalue weighted by molar-refractivity contribution is 0.454.